The third-order valence-corrected chi connectivity index (χ3v) is 10.8. The smallest absolute Gasteiger partial charge is 0.665 e. The summed E-state index contributed by atoms with van der Waals surface area (Å²) >= 11 is 0. The van der Waals surface area contributed by atoms with Gasteiger partial charge in [0, 0.05) is 17.6 Å². The van der Waals surface area contributed by atoms with Crippen LogP contribution in [0, 0.1) is 27.0 Å². The molecule has 0 spiro atoms. The fourth-order valence-corrected chi connectivity index (χ4v) is 7.72. The minimum atomic E-state index is -0.130. The molecule has 0 aliphatic carbocycles. The van der Waals surface area contributed by atoms with Crippen LogP contribution in [0.15, 0.2) is 140 Å². The third kappa shape index (κ3) is 7.96. The second-order valence-corrected chi connectivity index (χ2v) is 17.2. The van der Waals surface area contributed by atoms with Gasteiger partial charge in [0.1, 0.15) is 5.82 Å². The molecule has 0 aliphatic rings. The number of aromatic nitrogens is 3. The minimum absolute atomic E-state index is 0. The molecule has 2 aromatic heterocycles. The summed E-state index contributed by atoms with van der Waals surface area (Å²) < 4.78 is 8.20. The van der Waals surface area contributed by atoms with Gasteiger partial charge in [-0.3, -0.25) is 9.55 Å². The first-order chi connectivity index (χ1) is 27.3. The largest absolute Gasteiger partial charge is 2.00 e. The van der Waals surface area contributed by atoms with Gasteiger partial charge in [0.15, 0.2) is 0 Å². The van der Waals surface area contributed by atoms with E-state index in [4.69, 9.17) is 14.7 Å². The molecule has 0 saturated carbocycles. The molecule has 6 aromatic carbocycles. The first-order valence-electron chi connectivity index (χ1n) is 19.6. The van der Waals surface area contributed by atoms with Crippen LogP contribution in [0.1, 0.15) is 63.8 Å². The molecule has 292 valence electrons. The van der Waals surface area contributed by atoms with Crippen molar-refractivity contribution in [2.75, 3.05) is 0 Å². The predicted molar refractivity (Wildman–Crippen MR) is 238 cm³/mol. The van der Waals surface area contributed by atoms with E-state index < -0.39 is 0 Å². The molecule has 0 aliphatic heterocycles. The number of rotatable bonds is 7. The molecule has 0 atom stereocenters. The fourth-order valence-electron chi connectivity index (χ4n) is 7.72. The van der Waals surface area contributed by atoms with Crippen LogP contribution in [0.2, 0.25) is 0 Å². The Balaban J connectivity index is 0.00000512. The summed E-state index contributed by atoms with van der Waals surface area (Å²) in [6, 6.07) is 51.3. The number of hydrogen-bond acceptors (Lipinski definition) is 3. The van der Waals surface area contributed by atoms with Gasteiger partial charge in [0.2, 0.25) is 0 Å². The van der Waals surface area contributed by atoms with Gasteiger partial charge >= 0.3 is 21.1 Å². The monoisotopic (exact) mass is 938 g/mol. The first-order valence-corrected chi connectivity index (χ1v) is 19.6. The van der Waals surface area contributed by atoms with Crippen LogP contribution in [-0.2, 0) is 31.9 Å². The van der Waals surface area contributed by atoms with Crippen LogP contribution in [0.25, 0.3) is 72.7 Å². The Morgan fingerprint density at radius 1 is 0.603 bits per heavy atom. The molecule has 8 aromatic rings. The molecule has 0 amide bonds. The third-order valence-electron chi connectivity index (χ3n) is 10.8. The van der Waals surface area contributed by atoms with Crippen molar-refractivity contribution in [1.29, 1.82) is 0 Å². The maximum atomic E-state index is 5.90. The number of hydrogen-bond donors (Lipinski definition) is 0. The van der Waals surface area contributed by atoms with Crippen molar-refractivity contribution in [3.63, 3.8) is 0 Å². The van der Waals surface area contributed by atoms with Crippen molar-refractivity contribution in [3.05, 3.63) is 175 Å². The van der Waals surface area contributed by atoms with Crippen LogP contribution >= 0.6 is 0 Å². The van der Waals surface area contributed by atoms with E-state index in [1.54, 1.807) is 0 Å². The number of fused-ring (bicyclic) bond motifs is 1. The fraction of sp³-hybridized carbons (Fsp3) is 0.189. The Morgan fingerprint density at radius 3 is 1.90 bits per heavy atom. The van der Waals surface area contributed by atoms with Crippen molar-refractivity contribution in [2.45, 2.75) is 66.2 Å². The molecule has 2 heterocycles. The Bertz CT molecular complexity index is 2750. The summed E-state index contributed by atoms with van der Waals surface area (Å²) in [5.74, 6) is 1.50. The number of pyridine rings is 1. The van der Waals surface area contributed by atoms with Gasteiger partial charge in [0.05, 0.1) is 22.3 Å². The van der Waals surface area contributed by atoms with Crippen molar-refractivity contribution in [3.8, 4) is 67.5 Å². The molecule has 8 rings (SSSR count). The number of benzene rings is 6. The normalized spacial score (nSPS) is 11.7. The predicted octanol–water partition coefficient (Wildman–Crippen LogP) is 13.9. The van der Waals surface area contributed by atoms with E-state index in [1.807, 2.05) is 12.3 Å². The summed E-state index contributed by atoms with van der Waals surface area (Å²) in [7, 11) is 3.90. The molecular formula is C53H49N3OPt. The SMILES string of the molecule is [CH2-]Oc1c(C)cc(C)cc1-c1nc2c(-c3[c-]c(-c4cc(-c5ccccc5)ccn4)cc(C(C)(C)C)c3)cccc2n1-c1cc(-c2ccccc2)cc(C(C)(C)C)c1.[Pt+2]. The summed E-state index contributed by atoms with van der Waals surface area (Å²) in [5.41, 5.74) is 16.5. The number of aryl methyl sites for hydroxylation is 2. The maximum absolute atomic E-state index is 5.90. The van der Waals surface area contributed by atoms with E-state index in [1.165, 1.54) is 11.1 Å². The second-order valence-electron chi connectivity index (χ2n) is 17.2. The number of imidazole rings is 1. The molecule has 0 N–H and O–H groups in total. The molecule has 0 saturated heterocycles. The molecule has 4 nitrogen and oxygen atoms in total. The quantitative estimate of drug-likeness (QED) is 0.150. The zero-order valence-electron chi connectivity index (χ0n) is 34.6. The van der Waals surface area contributed by atoms with E-state index in [0.717, 1.165) is 83.9 Å². The molecule has 5 heteroatoms. The first kappa shape index (κ1) is 40.6. The molecule has 0 radical (unpaired) electrons. The Kier molecular flexibility index (Phi) is 11.2. The molecular weight excluding hydrogens is 890 g/mol. The molecule has 58 heavy (non-hydrogen) atoms. The summed E-state index contributed by atoms with van der Waals surface area (Å²) in [6.45, 7) is 17.8. The standard InChI is InChI=1S/C53H49N3O.Pt/c1-34-25-35(2)50(57-9)46(26-34)51-55-49-45(21-16-22-48(49)56(51)44-31-39(37-19-14-11-15-20-37)28-43(33-44)53(6,7)8)40-27-41(30-42(29-40)52(3,4)5)47-32-38(23-24-54-47)36-17-12-10-13-18-36;/h10-26,28-33H,9H2,1-8H3;/q-2;+2. The van der Waals surface area contributed by atoms with E-state index in [0.29, 0.717) is 5.75 Å². The van der Waals surface area contributed by atoms with Crippen LogP contribution in [0.4, 0.5) is 0 Å². The van der Waals surface area contributed by atoms with Gasteiger partial charge in [-0.05, 0) is 94.0 Å². The van der Waals surface area contributed by atoms with Crippen LogP contribution in [0.5, 0.6) is 5.75 Å². The number of nitrogens with zero attached hydrogens (tertiary/aromatic N) is 3. The molecule has 0 bridgehead atoms. The Labute approximate surface area is 358 Å². The summed E-state index contributed by atoms with van der Waals surface area (Å²) in [4.78, 5) is 10.5. The van der Waals surface area contributed by atoms with Crippen molar-refractivity contribution in [1.82, 2.24) is 14.5 Å². The van der Waals surface area contributed by atoms with Crippen molar-refractivity contribution in [2.24, 2.45) is 0 Å². The van der Waals surface area contributed by atoms with Gasteiger partial charge in [-0.1, -0.05) is 144 Å². The topological polar surface area (TPSA) is 39.9 Å². The van der Waals surface area contributed by atoms with E-state index in [9.17, 15) is 0 Å². The maximum Gasteiger partial charge on any atom is 2.00 e. The van der Waals surface area contributed by atoms with E-state index in [-0.39, 0.29) is 31.9 Å². The van der Waals surface area contributed by atoms with Gasteiger partial charge in [-0.2, -0.15) is 7.11 Å². The summed E-state index contributed by atoms with van der Waals surface area (Å²) in [5, 5.41) is 0. The second kappa shape index (κ2) is 16.0. The van der Waals surface area contributed by atoms with E-state index >= 15 is 0 Å². The summed E-state index contributed by atoms with van der Waals surface area (Å²) in [6.07, 6.45) is 1.89. The van der Waals surface area contributed by atoms with Crippen LogP contribution in [-0.4, -0.2) is 14.5 Å². The van der Waals surface area contributed by atoms with Gasteiger partial charge < -0.3 is 4.74 Å². The van der Waals surface area contributed by atoms with Crippen LogP contribution < -0.4 is 4.74 Å². The molecule has 0 fully saturated rings. The van der Waals surface area contributed by atoms with Crippen molar-refractivity contribution < 1.29 is 25.8 Å². The zero-order valence-corrected chi connectivity index (χ0v) is 36.8. The number of para-hydroxylation sites is 1. The zero-order chi connectivity index (χ0) is 40.1. The van der Waals surface area contributed by atoms with Gasteiger partial charge in [-0.15, -0.1) is 29.3 Å². The van der Waals surface area contributed by atoms with Gasteiger partial charge in [0.25, 0.3) is 0 Å². The average molecular weight is 939 g/mol. The number of ether oxygens (including phenoxy) is 1. The van der Waals surface area contributed by atoms with E-state index in [2.05, 4.69) is 201 Å². The average Bonchev–Trinajstić information content (AvgIpc) is 3.60. The Hall–Kier alpha value is -5.57. The Morgan fingerprint density at radius 2 is 1.24 bits per heavy atom. The van der Waals surface area contributed by atoms with Crippen molar-refractivity contribution >= 4 is 11.0 Å². The van der Waals surface area contributed by atoms with Gasteiger partial charge in [-0.25, -0.2) is 4.98 Å². The minimum Gasteiger partial charge on any atom is -0.665 e. The van der Waals surface area contributed by atoms with Crippen LogP contribution in [0.3, 0.4) is 0 Å². The molecule has 0 unspecified atom stereocenters.